The van der Waals surface area contributed by atoms with E-state index in [1.54, 1.807) is 6.92 Å². The number of allylic oxidation sites excluding steroid dienone is 2. The summed E-state index contributed by atoms with van der Waals surface area (Å²) in [6, 6.07) is -0.508. The van der Waals surface area contributed by atoms with Crippen LogP contribution in [0.25, 0.3) is 0 Å². The molecule has 1 radical (unpaired) electrons. The molecule has 0 saturated heterocycles. The molecule has 1 fully saturated rings. The average molecular weight is 303 g/mol. The average Bonchev–Trinajstić information content (AvgIpc) is 2.48. The molecule has 2 atom stereocenters. The fourth-order valence-corrected chi connectivity index (χ4v) is 3.19. The normalized spacial score (nSPS) is 23.5. The van der Waals surface area contributed by atoms with Gasteiger partial charge in [0.2, 0.25) is 11.8 Å². The lowest BCUT2D eigenvalue weighted by molar-refractivity contribution is -0.129. The minimum Gasteiger partial charge on any atom is -0.348 e. The molecule has 4 heteroatoms. The van der Waals surface area contributed by atoms with Crippen LogP contribution in [0.4, 0.5) is 0 Å². The van der Waals surface area contributed by atoms with Crippen LogP contribution in [0.3, 0.4) is 0 Å². The van der Waals surface area contributed by atoms with Gasteiger partial charge in [-0.1, -0.05) is 37.0 Å². The van der Waals surface area contributed by atoms with Crippen LogP contribution in [-0.4, -0.2) is 23.9 Å². The molecule has 4 nitrogen and oxygen atoms in total. The Hall–Kier alpha value is -1.58. The van der Waals surface area contributed by atoms with E-state index >= 15 is 0 Å². The molecule has 0 unspecified atom stereocenters. The molecule has 121 valence electrons. The summed E-state index contributed by atoms with van der Waals surface area (Å²) in [6.45, 7) is 3.77. The van der Waals surface area contributed by atoms with Gasteiger partial charge in [0.15, 0.2) is 0 Å². The Morgan fingerprint density at radius 3 is 2.73 bits per heavy atom. The SMILES string of the molecule is CC1=C[C]=C[C@@H](NC(=O)[C@H](C)NC(=O)CC2CCCCC2)C1. The second-order valence-electron chi connectivity index (χ2n) is 6.64. The standard InChI is InChI=1S/C18H27N2O2/c1-13-7-6-10-16(11-13)20-18(22)14(2)19-17(21)12-15-8-4-3-5-9-15/h7,10,14-16H,3-5,8-9,11-12H2,1-2H3,(H,19,21)(H,20,22)/t14-,16+/m0/s1. The maximum atomic E-state index is 12.2. The molecule has 0 aromatic carbocycles. The lowest BCUT2D eigenvalue weighted by Gasteiger charge is -2.23. The van der Waals surface area contributed by atoms with E-state index in [4.69, 9.17) is 0 Å². The van der Waals surface area contributed by atoms with Crippen LogP contribution in [0.5, 0.6) is 0 Å². The van der Waals surface area contributed by atoms with E-state index in [0.717, 1.165) is 19.3 Å². The number of nitrogens with one attached hydrogen (secondary N) is 2. The van der Waals surface area contributed by atoms with Crippen molar-refractivity contribution >= 4 is 11.8 Å². The van der Waals surface area contributed by atoms with Crippen LogP contribution in [0.1, 0.15) is 58.8 Å². The molecule has 0 aromatic rings. The molecular formula is C18H27N2O2. The predicted molar refractivity (Wildman–Crippen MR) is 86.9 cm³/mol. The van der Waals surface area contributed by atoms with E-state index in [1.807, 2.05) is 19.1 Å². The topological polar surface area (TPSA) is 58.2 Å². The van der Waals surface area contributed by atoms with Gasteiger partial charge in [0.05, 0.1) is 6.04 Å². The fourth-order valence-electron chi connectivity index (χ4n) is 3.19. The summed E-state index contributed by atoms with van der Waals surface area (Å²) < 4.78 is 0. The van der Waals surface area contributed by atoms with Gasteiger partial charge in [-0.15, -0.1) is 0 Å². The minimum atomic E-state index is -0.490. The Bertz CT molecular complexity index is 462. The zero-order valence-electron chi connectivity index (χ0n) is 13.7. The van der Waals surface area contributed by atoms with Crippen molar-refractivity contribution in [3.05, 3.63) is 23.8 Å². The second-order valence-corrected chi connectivity index (χ2v) is 6.64. The van der Waals surface area contributed by atoms with E-state index in [2.05, 4.69) is 16.7 Å². The lowest BCUT2D eigenvalue weighted by atomic mass is 9.87. The van der Waals surface area contributed by atoms with Crippen molar-refractivity contribution in [2.24, 2.45) is 5.92 Å². The van der Waals surface area contributed by atoms with Gasteiger partial charge in [0.25, 0.3) is 0 Å². The van der Waals surface area contributed by atoms with Crippen molar-refractivity contribution in [2.45, 2.75) is 70.9 Å². The maximum absolute atomic E-state index is 12.2. The third-order valence-corrected chi connectivity index (χ3v) is 4.47. The first kappa shape index (κ1) is 16.8. The molecule has 2 aliphatic rings. The van der Waals surface area contributed by atoms with E-state index in [9.17, 15) is 9.59 Å². The highest BCUT2D eigenvalue weighted by Gasteiger charge is 2.22. The van der Waals surface area contributed by atoms with Crippen LogP contribution in [-0.2, 0) is 9.59 Å². The van der Waals surface area contributed by atoms with Gasteiger partial charge < -0.3 is 10.6 Å². The zero-order valence-corrected chi connectivity index (χ0v) is 13.7. The minimum absolute atomic E-state index is 0.00336. The number of carbonyl (C=O) groups is 2. The van der Waals surface area contributed by atoms with Crippen molar-refractivity contribution < 1.29 is 9.59 Å². The quantitative estimate of drug-likeness (QED) is 0.820. The smallest absolute Gasteiger partial charge is 0.242 e. The Kier molecular flexibility index (Phi) is 6.22. The summed E-state index contributed by atoms with van der Waals surface area (Å²) in [5, 5.41) is 5.77. The Morgan fingerprint density at radius 1 is 1.32 bits per heavy atom. The van der Waals surface area contributed by atoms with E-state index in [-0.39, 0.29) is 17.9 Å². The molecule has 22 heavy (non-hydrogen) atoms. The van der Waals surface area contributed by atoms with Gasteiger partial charge in [-0.2, -0.15) is 0 Å². The molecule has 0 bridgehead atoms. The zero-order chi connectivity index (χ0) is 15.9. The monoisotopic (exact) mass is 303 g/mol. The Balaban J connectivity index is 1.72. The van der Waals surface area contributed by atoms with Gasteiger partial charge in [-0.25, -0.2) is 0 Å². The summed E-state index contributed by atoms with van der Waals surface area (Å²) >= 11 is 0. The Morgan fingerprint density at radius 2 is 2.05 bits per heavy atom. The van der Waals surface area contributed by atoms with Crippen LogP contribution < -0.4 is 10.6 Å². The highest BCUT2D eigenvalue weighted by atomic mass is 16.2. The summed E-state index contributed by atoms with van der Waals surface area (Å²) in [7, 11) is 0. The molecule has 2 N–H and O–H groups in total. The first-order chi connectivity index (χ1) is 10.5. The lowest BCUT2D eigenvalue weighted by Crippen LogP contribution is -2.48. The van der Waals surface area contributed by atoms with Gasteiger partial charge in [-0.05, 0) is 45.1 Å². The fraction of sp³-hybridized carbons (Fsp3) is 0.667. The van der Waals surface area contributed by atoms with E-state index in [0.29, 0.717) is 12.3 Å². The predicted octanol–water partition coefficient (Wildman–Crippen LogP) is 2.66. The number of hydrogen-bond donors (Lipinski definition) is 2. The van der Waals surface area contributed by atoms with Crippen molar-refractivity contribution in [1.29, 1.82) is 0 Å². The van der Waals surface area contributed by atoms with Crippen molar-refractivity contribution in [3.8, 4) is 0 Å². The van der Waals surface area contributed by atoms with E-state index in [1.165, 1.54) is 24.8 Å². The second kappa shape index (κ2) is 8.16. The van der Waals surface area contributed by atoms with Crippen molar-refractivity contribution in [1.82, 2.24) is 10.6 Å². The first-order valence-corrected chi connectivity index (χ1v) is 8.39. The van der Waals surface area contributed by atoms with Gasteiger partial charge in [0, 0.05) is 6.42 Å². The molecule has 2 rings (SSSR count). The molecule has 2 aliphatic carbocycles. The largest absolute Gasteiger partial charge is 0.348 e. The number of amides is 2. The summed E-state index contributed by atoms with van der Waals surface area (Å²) in [5.74, 6) is 0.360. The summed E-state index contributed by atoms with van der Waals surface area (Å²) in [5.41, 5.74) is 1.20. The van der Waals surface area contributed by atoms with Gasteiger partial charge in [-0.3, -0.25) is 9.59 Å². The molecule has 2 amide bonds. The van der Waals surface area contributed by atoms with Crippen LogP contribution in [0, 0.1) is 12.0 Å². The van der Waals surface area contributed by atoms with Crippen LogP contribution >= 0.6 is 0 Å². The molecule has 0 heterocycles. The molecule has 0 aliphatic heterocycles. The summed E-state index contributed by atoms with van der Waals surface area (Å²) in [4.78, 5) is 24.2. The van der Waals surface area contributed by atoms with Crippen LogP contribution in [0.15, 0.2) is 17.7 Å². The number of carbonyl (C=O) groups excluding carboxylic acids is 2. The van der Waals surface area contributed by atoms with Gasteiger partial charge >= 0.3 is 0 Å². The maximum Gasteiger partial charge on any atom is 0.242 e. The third kappa shape index (κ3) is 5.32. The first-order valence-electron chi connectivity index (χ1n) is 8.39. The number of hydrogen-bond acceptors (Lipinski definition) is 2. The highest BCUT2D eigenvalue weighted by molar-refractivity contribution is 5.87. The molecular weight excluding hydrogens is 276 g/mol. The van der Waals surface area contributed by atoms with Crippen molar-refractivity contribution in [3.63, 3.8) is 0 Å². The van der Waals surface area contributed by atoms with Crippen molar-refractivity contribution in [2.75, 3.05) is 0 Å². The Labute approximate surface area is 133 Å². The van der Waals surface area contributed by atoms with Crippen LogP contribution in [0.2, 0.25) is 0 Å². The van der Waals surface area contributed by atoms with Gasteiger partial charge in [0.1, 0.15) is 6.04 Å². The highest BCUT2D eigenvalue weighted by Crippen LogP contribution is 2.26. The molecule has 1 saturated carbocycles. The van der Waals surface area contributed by atoms with E-state index < -0.39 is 6.04 Å². The molecule has 0 spiro atoms. The molecule has 0 aromatic heterocycles. The number of rotatable bonds is 5. The summed E-state index contributed by atoms with van der Waals surface area (Å²) in [6.07, 6.45) is 14.2. The third-order valence-electron chi connectivity index (χ3n) is 4.47.